The summed E-state index contributed by atoms with van der Waals surface area (Å²) in [4.78, 5) is 31.4. The number of aromatic nitrogens is 3. The number of fused-ring (bicyclic) bond motifs is 1. The van der Waals surface area contributed by atoms with Gasteiger partial charge in [0.2, 0.25) is 0 Å². The lowest BCUT2D eigenvalue weighted by molar-refractivity contribution is 0.0949. The fraction of sp³-hybridized carbons (Fsp3) is 0.217. The lowest BCUT2D eigenvalue weighted by atomic mass is 10.1. The number of pyridine rings is 1. The van der Waals surface area contributed by atoms with E-state index in [2.05, 4.69) is 15.7 Å². The molecule has 1 aromatic carbocycles. The smallest absolute Gasteiger partial charge is 0.256 e. The number of carbonyl (C=O) groups excluding carboxylic acids is 2. The normalized spacial score (nSPS) is 13.4. The number of rotatable bonds is 5. The number of anilines is 1. The van der Waals surface area contributed by atoms with Crippen LogP contribution in [0.2, 0.25) is 0 Å². The maximum absolute atomic E-state index is 13.3. The molecule has 5 rings (SSSR count). The molecule has 0 radical (unpaired) electrons. The van der Waals surface area contributed by atoms with Gasteiger partial charge in [-0.1, -0.05) is 12.1 Å². The standard InChI is InChI=1S/C23H21N5O2S/c1-13-20-17(12-18(19-7-4-10-31-19)26-21(20)28(2)27-13)23(30)25-16-6-3-5-14(11-16)22(29)24-15-8-9-15/h3-7,10-12,15H,8-9H2,1-2H3,(H,24,29)(H,25,30). The minimum atomic E-state index is -0.263. The highest BCUT2D eigenvalue weighted by Gasteiger charge is 2.24. The predicted octanol–water partition coefficient (Wildman–Crippen LogP) is 4.15. The number of benzene rings is 1. The molecule has 3 aromatic heterocycles. The maximum Gasteiger partial charge on any atom is 0.256 e. The molecule has 0 unspecified atom stereocenters. The molecule has 1 fully saturated rings. The first kappa shape index (κ1) is 19.4. The van der Waals surface area contributed by atoms with Gasteiger partial charge in [0.05, 0.1) is 27.2 Å². The molecule has 31 heavy (non-hydrogen) atoms. The molecular formula is C23H21N5O2S. The van der Waals surface area contributed by atoms with E-state index in [0.717, 1.165) is 34.5 Å². The molecule has 3 heterocycles. The second-order valence-corrected chi connectivity index (χ2v) is 8.67. The first-order valence-electron chi connectivity index (χ1n) is 10.1. The summed E-state index contributed by atoms with van der Waals surface area (Å²) in [5.41, 5.74) is 3.73. The second-order valence-electron chi connectivity index (χ2n) is 7.72. The lowest BCUT2D eigenvalue weighted by Gasteiger charge is -2.10. The lowest BCUT2D eigenvalue weighted by Crippen LogP contribution is -2.25. The van der Waals surface area contributed by atoms with Gasteiger partial charge in [0.1, 0.15) is 0 Å². The summed E-state index contributed by atoms with van der Waals surface area (Å²) in [5.74, 6) is -0.381. The summed E-state index contributed by atoms with van der Waals surface area (Å²) in [5, 5.41) is 13.1. The Kier molecular flexibility index (Phi) is 4.78. The van der Waals surface area contributed by atoms with Crippen molar-refractivity contribution < 1.29 is 9.59 Å². The molecule has 4 aromatic rings. The van der Waals surface area contributed by atoms with Gasteiger partial charge >= 0.3 is 0 Å². The van der Waals surface area contributed by atoms with Crippen LogP contribution in [0.4, 0.5) is 5.69 Å². The topological polar surface area (TPSA) is 88.9 Å². The number of hydrogen-bond donors (Lipinski definition) is 2. The number of nitrogens with one attached hydrogen (secondary N) is 2. The van der Waals surface area contributed by atoms with Gasteiger partial charge in [-0.2, -0.15) is 5.10 Å². The van der Waals surface area contributed by atoms with Crippen molar-refractivity contribution in [3.05, 3.63) is 64.7 Å². The molecule has 1 saturated carbocycles. The number of nitrogens with zero attached hydrogens (tertiary/aromatic N) is 3. The zero-order valence-corrected chi connectivity index (χ0v) is 18.0. The molecule has 7 nitrogen and oxygen atoms in total. The number of thiophene rings is 1. The molecule has 0 spiro atoms. The van der Waals surface area contributed by atoms with Crippen LogP contribution in [0.1, 0.15) is 39.3 Å². The van der Waals surface area contributed by atoms with Gasteiger partial charge in [0.15, 0.2) is 5.65 Å². The molecule has 8 heteroatoms. The summed E-state index contributed by atoms with van der Waals surface area (Å²) in [7, 11) is 1.82. The van der Waals surface area contributed by atoms with Gasteiger partial charge in [-0.05, 0) is 55.5 Å². The van der Waals surface area contributed by atoms with E-state index in [1.807, 2.05) is 37.6 Å². The summed E-state index contributed by atoms with van der Waals surface area (Å²) in [6.45, 7) is 1.87. The van der Waals surface area contributed by atoms with E-state index in [9.17, 15) is 9.59 Å². The first-order valence-corrected chi connectivity index (χ1v) is 11.0. The molecule has 1 aliphatic carbocycles. The Morgan fingerprint density at radius 2 is 1.97 bits per heavy atom. The molecular weight excluding hydrogens is 410 g/mol. The van der Waals surface area contributed by atoms with Crippen LogP contribution in [-0.2, 0) is 7.05 Å². The highest BCUT2D eigenvalue weighted by atomic mass is 32.1. The Hall–Kier alpha value is -3.52. The Bertz CT molecular complexity index is 1310. The second kappa shape index (κ2) is 7.63. The zero-order chi connectivity index (χ0) is 21.5. The van der Waals surface area contributed by atoms with Crippen molar-refractivity contribution in [2.45, 2.75) is 25.8 Å². The van der Waals surface area contributed by atoms with Crippen molar-refractivity contribution in [2.24, 2.45) is 7.05 Å². The fourth-order valence-corrected chi connectivity index (χ4v) is 4.29. The van der Waals surface area contributed by atoms with Gasteiger partial charge in [0.25, 0.3) is 11.8 Å². The molecule has 2 amide bonds. The van der Waals surface area contributed by atoms with Crippen LogP contribution in [0.15, 0.2) is 47.8 Å². The Labute approximate surface area is 183 Å². The van der Waals surface area contributed by atoms with Crippen molar-refractivity contribution >= 4 is 39.9 Å². The van der Waals surface area contributed by atoms with E-state index in [1.165, 1.54) is 0 Å². The van der Waals surface area contributed by atoms with Crippen molar-refractivity contribution in [3.63, 3.8) is 0 Å². The molecule has 1 aliphatic rings. The van der Waals surface area contributed by atoms with Gasteiger partial charge < -0.3 is 10.6 Å². The third-order valence-corrected chi connectivity index (χ3v) is 6.17. The van der Waals surface area contributed by atoms with Gasteiger partial charge in [-0.3, -0.25) is 14.3 Å². The molecule has 0 aliphatic heterocycles. The highest BCUT2D eigenvalue weighted by Crippen LogP contribution is 2.30. The summed E-state index contributed by atoms with van der Waals surface area (Å²) in [6.07, 6.45) is 2.05. The van der Waals surface area contributed by atoms with Crippen molar-refractivity contribution in [1.82, 2.24) is 20.1 Å². The van der Waals surface area contributed by atoms with E-state index in [4.69, 9.17) is 4.98 Å². The van der Waals surface area contributed by atoms with Crippen LogP contribution in [-0.4, -0.2) is 32.6 Å². The van der Waals surface area contributed by atoms with E-state index < -0.39 is 0 Å². The number of carbonyl (C=O) groups is 2. The van der Waals surface area contributed by atoms with E-state index in [0.29, 0.717) is 22.5 Å². The van der Waals surface area contributed by atoms with Crippen LogP contribution in [0.3, 0.4) is 0 Å². The summed E-state index contributed by atoms with van der Waals surface area (Å²) < 4.78 is 1.70. The summed E-state index contributed by atoms with van der Waals surface area (Å²) in [6, 6.07) is 13.0. The third kappa shape index (κ3) is 3.82. The molecule has 156 valence electrons. The van der Waals surface area contributed by atoms with Crippen LogP contribution in [0.25, 0.3) is 21.6 Å². The fourth-order valence-electron chi connectivity index (χ4n) is 3.61. The Morgan fingerprint density at radius 1 is 1.13 bits per heavy atom. The predicted molar refractivity (Wildman–Crippen MR) is 121 cm³/mol. The van der Waals surface area contributed by atoms with Crippen molar-refractivity contribution in [3.8, 4) is 10.6 Å². The zero-order valence-electron chi connectivity index (χ0n) is 17.2. The van der Waals surface area contributed by atoms with Crippen molar-refractivity contribution in [1.29, 1.82) is 0 Å². The molecule has 2 N–H and O–H groups in total. The molecule has 0 atom stereocenters. The van der Waals surface area contributed by atoms with Gasteiger partial charge in [0, 0.05) is 24.3 Å². The number of amides is 2. The first-order chi connectivity index (χ1) is 15.0. The average molecular weight is 432 g/mol. The summed E-state index contributed by atoms with van der Waals surface area (Å²) >= 11 is 1.57. The SMILES string of the molecule is Cc1nn(C)c2nc(-c3cccs3)cc(C(=O)Nc3cccc(C(=O)NC4CC4)c3)c12. The quantitative estimate of drug-likeness (QED) is 0.497. The Morgan fingerprint density at radius 3 is 2.71 bits per heavy atom. The number of hydrogen-bond acceptors (Lipinski definition) is 5. The van der Waals surface area contributed by atoms with E-state index in [-0.39, 0.29) is 17.9 Å². The monoisotopic (exact) mass is 431 g/mol. The van der Waals surface area contributed by atoms with Gasteiger partial charge in [-0.15, -0.1) is 11.3 Å². The molecule has 0 bridgehead atoms. The number of aryl methyl sites for hydroxylation is 2. The maximum atomic E-state index is 13.3. The highest BCUT2D eigenvalue weighted by molar-refractivity contribution is 7.13. The van der Waals surface area contributed by atoms with E-state index in [1.54, 1.807) is 40.3 Å². The minimum Gasteiger partial charge on any atom is -0.349 e. The minimum absolute atomic E-state index is 0.118. The average Bonchev–Trinajstić information content (AvgIpc) is 3.30. The largest absolute Gasteiger partial charge is 0.349 e. The van der Waals surface area contributed by atoms with Crippen LogP contribution in [0.5, 0.6) is 0 Å². The Balaban J connectivity index is 1.50. The van der Waals surface area contributed by atoms with Crippen LogP contribution >= 0.6 is 11.3 Å². The third-order valence-electron chi connectivity index (χ3n) is 5.28. The van der Waals surface area contributed by atoms with E-state index >= 15 is 0 Å². The van der Waals surface area contributed by atoms with Crippen molar-refractivity contribution in [2.75, 3.05) is 5.32 Å². The molecule has 0 saturated heterocycles. The van der Waals surface area contributed by atoms with Crippen LogP contribution < -0.4 is 10.6 Å². The van der Waals surface area contributed by atoms with Crippen LogP contribution in [0, 0.1) is 6.92 Å². The van der Waals surface area contributed by atoms with Gasteiger partial charge in [-0.25, -0.2) is 4.98 Å².